The molecule has 0 aliphatic heterocycles. The van der Waals surface area contributed by atoms with Crippen LogP contribution in [-0.4, -0.2) is 30.9 Å². The van der Waals surface area contributed by atoms with Gasteiger partial charge >= 0.3 is 0 Å². The SMILES string of the molecule is C=S(=O)(NC(C)C)c1ccc(-n2cncn2)cc1. The van der Waals surface area contributed by atoms with Gasteiger partial charge in [-0.15, -0.1) is 0 Å². The smallest absolute Gasteiger partial charge is 0.138 e. The van der Waals surface area contributed by atoms with E-state index in [2.05, 4.69) is 20.7 Å². The van der Waals surface area contributed by atoms with Gasteiger partial charge in [0.2, 0.25) is 0 Å². The number of rotatable bonds is 4. The average Bonchev–Trinajstić information content (AvgIpc) is 2.81. The van der Waals surface area contributed by atoms with Crippen LogP contribution in [0.5, 0.6) is 0 Å². The van der Waals surface area contributed by atoms with Crippen LogP contribution in [0.1, 0.15) is 13.8 Å². The maximum Gasteiger partial charge on any atom is 0.138 e. The topological polar surface area (TPSA) is 59.8 Å². The van der Waals surface area contributed by atoms with Crippen LogP contribution >= 0.6 is 0 Å². The molecule has 2 aromatic rings. The number of hydrogen-bond acceptors (Lipinski definition) is 3. The van der Waals surface area contributed by atoms with Crippen molar-refractivity contribution in [2.45, 2.75) is 24.8 Å². The third kappa shape index (κ3) is 2.77. The Morgan fingerprint density at radius 3 is 2.50 bits per heavy atom. The summed E-state index contributed by atoms with van der Waals surface area (Å²) in [6.07, 6.45) is 3.08. The Balaban J connectivity index is 2.28. The summed E-state index contributed by atoms with van der Waals surface area (Å²) in [6.45, 7) is 3.88. The van der Waals surface area contributed by atoms with E-state index in [0.29, 0.717) is 4.90 Å². The summed E-state index contributed by atoms with van der Waals surface area (Å²) in [5.41, 5.74) is 0.871. The van der Waals surface area contributed by atoms with E-state index in [1.807, 2.05) is 26.0 Å². The Bertz CT molecular complexity index is 600. The molecule has 0 amide bonds. The van der Waals surface area contributed by atoms with Crippen LogP contribution in [0.25, 0.3) is 5.69 Å². The second-order valence-electron chi connectivity index (χ2n) is 4.28. The fourth-order valence-electron chi connectivity index (χ4n) is 1.61. The van der Waals surface area contributed by atoms with Gasteiger partial charge in [-0.1, -0.05) is 0 Å². The Morgan fingerprint density at radius 1 is 1.33 bits per heavy atom. The van der Waals surface area contributed by atoms with E-state index in [-0.39, 0.29) is 6.04 Å². The molecular formula is C12H16N4OS. The molecule has 1 atom stereocenters. The quantitative estimate of drug-likeness (QED) is 0.846. The van der Waals surface area contributed by atoms with E-state index >= 15 is 0 Å². The molecule has 1 N–H and O–H groups in total. The van der Waals surface area contributed by atoms with Crippen molar-refractivity contribution < 1.29 is 4.21 Å². The minimum Gasteiger partial charge on any atom is -0.248 e. The van der Waals surface area contributed by atoms with Crippen LogP contribution in [0.15, 0.2) is 41.8 Å². The van der Waals surface area contributed by atoms with Crippen LogP contribution in [0.3, 0.4) is 0 Å². The molecule has 0 bridgehead atoms. The first-order chi connectivity index (χ1) is 8.49. The molecule has 0 saturated heterocycles. The fourth-order valence-corrected chi connectivity index (χ4v) is 3.08. The molecule has 0 spiro atoms. The van der Waals surface area contributed by atoms with Gasteiger partial charge < -0.3 is 0 Å². The van der Waals surface area contributed by atoms with Gasteiger partial charge in [0.15, 0.2) is 0 Å². The lowest BCUT2D eigenvalue weighted by Gasteiger charge is -2.14. The van der Waals surface area contributed by atoms with Gasteiger partial charge in [0.05, 0.1) is 15.4 Å². The van der Waals surface area contributed by atoms with Crippen molar-refractivity contribution in [1.82, 2.24) is 19.5 Å². The van der Waals surface area contributed by atoms with Crippen molar-refractivity contribution in [1.29, 1.82) is 0 Å². The van der Waals surface area contributed by atoms with Crippen molar-refractivity contribution in [3.05, 3.63) is 36.9 Å². The predicted molar refractivity (Wildman–Crippen MR) is 73.2 cm³/mol. The first-order valence-electron chi connectivity index (χ1n) is 5.58. The van der Waals surface area contributed by atoms with Gasteiger partial charge in [-0.25, -0.2) is 18.6 Å². The van der Waals surface area contributed by atoms with Crippen LogP contribution in [0.2, 0.25) is 0 Å². The summed E-state index contributed by atoms with van der Waals surface area (Å²) < 4.78 is 17.0. The zero-order valence-corrected chi connectivity index (χ0v) is 11.2. The molecule has 96 valence electrons. The monoisotopic (exact) mass is 264 g/mol. The first-order valence-corrected chi connectivity index (χ1v) is 7.31. The standard InChI is InChI=1S/C12H16N4OS/c1-10(2)15-18(3,17)12-6-4-11(5-7-12)16-9-13-8-14-16/h4-10H,3H2,1-2H3,(H,15,17). The summed E-state index contributed by atoms with van der Waals surface area (Å²) >= 11 is 0. The molecule has 1 unspecified atom stereocenters. The van der Waals surface area contributed by atoms with Crippen LogP contribution < -0.4 is 4.72 Å². The molecule has 18 heavy (non-hydrogen) atoms. The average molecular weight is 264 g/mol. The molecule has 1 aromatic heterocycles. The number of benzene rings is 1. The van der Waals surface area contributed by atoms with Gasteiger partial charge in [0, 0.05) is 10.9 Å². The van der Waals surface area contributed by atoms with Gasteiger partial charge in [0.25, 0.3) is 0 Å². The van der Waals surface area contributed by atoms with E-state index in [0.717, 1.165) is 5.69 Å². The summed E-state index contributed by atoms with van der Waals surface area (Å²) in [4.78, 5) is 4.56. The normalized spacial score (nSPS) is 14.6. The molecule has 2 rings (SSSR count). The molecule has 6 heteroatoms. The highest BCUT2D eigenvalue weighted by Crippen LogP contribution is 2.13. The third-order valence-electron chi connectivity index (χ3n) is 2.33. The number of nitrogens with one attached hydrogen (secondary N) is 1. The van der Waals surface area contributed by atoms with Crippen molar-refractivity contribution in [2.75, 3.05) is 0 Å². The number of aromatic nitrogens is 3. The molecule has 5 nitrogen and oxygen atoms in total. The van der Waals surface area contributed by atoms with Gasteiger partial charge in [-0.2, -0.15) is 5.10 Å². The highest BCUT2D eigenvalue weighted by atomic mass is 32.2. The van der Waals surface area contributed by atoms with E-state index in [1.54, 1.807) is 23.1 Å². The highest BCUT2D eigenvalue weighted by molar-refractivity contribution is 7.98. The third-order valence-corrected chi connectivity index (χ3v) is 4.21. The maximum absolute atomic E-state index is 12.3. The lowest BCUT2D eigenvalue weighted by Crippen LogP contribution is -2.30. The van der Waals surface area contributed by atoms with Crippen LogP contribution in [0, 0.1) is 0 Å². The molecule has 0 fully saturated rings. The van der Waals surface area contributed by atoms with Crippen molar-refractivity contribution in [3.63, 3.8) is 0 Å². The van der Waals surface area contributed by atoms with E-state index in [1.165, 1.54) is 6.33 Å². The van der Waals surface area contributed by atoms with Crippen molar-refractivity contribution >= 4 is 15.6 Å². The van der Waals surface area contributed by atoms with E-state index < -0.39 is 9.71 Å². The molecule has 0 aliphatic carbocycles. The summed E-state index contributed by atoms with van der Waals surface area (Å²) in [7, 11) is -2.44. The molecular weight excluding hydrogens is 248 g/mol. The second-order valence-corrected chi connectivity index (χ2v) is 6.34. The zero-order valence-electron chi connectivity index (χ0n) is 10.4. The zero-order chi connectivity index (χ0) is 13.2. The van der Waals surface area contributed by atoms with E-state index in [9.17, 15) is 4.21 Å². The van der Waals surface area contributed by atoms with E-state index in [4.69, 9.17) is 0 Å². The Labute approximate surface area is 107 Å². The van der Waals surface area contributed by atoms with Gasteiger partial charge in [0.1, 0.15) is 12.7 Å². The maximum atomic E-state index is 12.3. The minimum atomic E-state index is -2.44. The summed E-state index contributed by atoms with van der Waals surface area (Å²) in [5, 5.41) is 4.03. The van der Waals surface area contributed by atoms with Gasteiger partial charge in [-0.05, 0) is 44.0 Å². The van der Waals surface area contributed by atoms with Crippen molar-refractivity contribution in [2.24, 2.45) is 0 Å². The predicted octanol–water partition coefficient (Wildman–Crippen LogP) is 1.26. The highest BCUT2D eigenvalue weighted by Gasteiger charge is 2.09. The fraction of sp³-hybridized carbons (Fsp3) is 0.250. The number of hydrogen-bond donors (Lipinski definition) is 1. The first kappa shape index (κ1) is 12.8. The minimum absolute atomic E-state index is 0.116. The van der Waals surface area contributed by atoms with Crippen molar-refractivity contribution in [3.8, 4) is 5.69 Å². The van der Waals surface area contributed by atoms with Gasteiger partial charge in [-0.3, -0.25) is 0 Å². The number of nitrogens with zero attached hydrogens (tertiary/aromatic N) is 3. The lowest BCUT2D eigenvalue weighted by molar-refractivity contribution is 0.653. The second kappa shape index (κ2) is 4.91. The Hall–Kier alpha value is -1.66. The summed E-state index contributed by atoms with van der Waals surface area (Å²) in [5.74, 6) is 3.75. The molecule has 1 heterocycles. The molecule has 0 saturated carbocycles. The molecule has 1 aromatic carbocycles. The summed E-state index contributed by atoms with van der Waals surface area (Å²) in [6, 6.07) is 7.39. The lowest BCUT2D eigenvalue weighted by atomic mass is 10.3. The molecule has 0 aliphatic rings. The Morgan fingerprint density at radius 2 is 2.00 bits per heavy atom. The van der Waals surface area contributed by atoms with Crippen LogP contribution in [-0.2, 0) is 9.71 Å². The van der Waals surface area contributed by atoms with Crippen LogP contribution in [0.4, 0.5) is 0 Å². The molecule has 0 radical (unpaired) electrons. The Kier molecular flexibility index (Phi) is 3.49. The largest absolute Gasteiger partial charge is 0.248 e.